The second-order valence-electron chi connectivity index (χ2n) is 3.29. The van der Waals surface area contributed by atoms with Crippen LogP contribution in [-0.4, -0.2) is 36.6 Å². The molecular weight excluding hydrogens is 190 g/mol. The molecule has 0 radical (unpaired) electrons. The van der Waals surface area contributed by atoms with Crippen LogP contribution in [0, 0.1) is 11.8 Å². The van der Waals surface area contributed by atoms with E-state index in [9.17, 15) is 4.79 Å². The molecule has 0 aromatic carbocycles. The first-order valence-electron chi connectivity index (χ1n) is 5.51. The van der Waals surface area contributed by atoms with Crippen LogP contribution in [0.25, 0.3) is 0 Å². The van der Waals surface area contributed by atoms with Crippen molar-refractivity contribution in [2.24, 2.45) is 0 Å². The molecule has 0 fully saturated rings. The van der Waals surface area contributed by atoms with E-state index in [4.69, 9.17) is 4.74 Å². The molecule has 15 heavy (non-hydrogen) atoms. The van der Waals surface area contributed by atoms with Crippen LogP contribution in [0.1, 0.15) is 34.1 Å². The Morgan fingerprint density at radius 2 is 1.93 bits per heavy atom. The van der Waals surface area contributed by atoms with Gasteiger partial charge in [0.25, 0.3) is 0 Å². The molecule has 0 aromatic rings. The lowest BCUT2D eigenvalue weighted by Crippen LogP contribution is -2.23. The maximum absolute atomic E-state index is 10.7. The number of nitrogens with zero attached hydrogens (tertiary/aromatic N) is 1. The van der Waals surface area contributed by atoms with Crippen LogP contribution >= 0.6 is 0 Å². The summed E-state index contributed by atoms with van der Waals surface area (Å²) in [5.74, 6) is 5.74. The fourth-order valence-electron chi connectivity index (χ4n) is 1.13. The zero-order valence-electron chi connectivity index (χ0n) is 10.2. The lowest BCUT2D eigenvalue weighted by molar-refractivity contribution is -0.143. The Kier molecular flexibility index (Phi) is 7.75. The third-order valence-electron chi connectivity index (χ3n) is 2.14. The van der Waals surface area contributed by atoms with Gasteiger partial charge < -0.3 is 4.74 Å². The minimum absolute atomic E-state index is 0.252. The first-order valence-corrected chi connectivity index (χ1v) is 5.51. The van der Waals surface area contributed by atoms with Crippen LogP contribution in [0.2, 0.25) is 0 Å². The highest BCUT2D eigenvalue weighted by molar-refractivity contribution is 5.66. The summed E-state index contributed by atoms with van der Waals surface area (Å²) in [6.45, 7) is 10.3. The zero-order chi connectivity index (χ0) is 11.7. The van der Waals surface area contributed by atoms with E-state index in [2.05, 4.69) is 30.6 Å². The highest BCUT2D eigenvalue weighted by Gasteiger charge is 2.04. The monoisotopic (exact) mass is 211 g/mol. The van der Waals surface area contributed by atoms with E-state index in [1.165, 1.54) is 6.92 Å². The van der Waals surface area contributed by atoms with E-state index in [-0.39, 0.29) is 12.1 Å². The van der Waals surface area contributed by atoms with Gasteiger partial charge in [0.1, 0.15) is 0 Å². The first kappa shape index (κ1) is 14.0. The molecule has 0 saturated heterocycles. The summed E-state index contributed by atoms with van der Waals surface area (Å²) >= 11 is 0. The van der Waals surface area contributed by atoms with Gasteiger partial charge in [0.05, 0.1) is 6.54 Å². The summed E-state index contributed by atoms with van der Waals surface area (Å²) in [5.41, 5.74) is 0. The average molecular weight is 211 g/mol. The van der Waals surface area contributed by atoms with Gasteiger partial charge in [0, 0.05) is 6.92 Å². The lowest BCUT2D eigenvalue weighted by atomic mass is 10.3. The van der Waals surface area contributed by atoms with Crippen LogP contribution in [0.3, 0.4) is 0 Å². The van der Waals surface area contributed by atoms with Crippen molar-refractivity contribution in [2.45, 2.75) is 40.2 Å². The van der Waals surface area contributed by atoms with Crippen LogP contribution < -0.4 is 0 Å². The molecule has 0 saturated carbocycles. The molecule has 0 N–H and O–H groups in total. The van der Waals surface area contributed by atoms with E-state index >= 15 is 0 Å². The van der Waals surface area contributed by atoms with Gasteiger partial charge in [0.2, 0.25) is 0 Å². The maximum atomic E-state index is 10.7. The number of carbonyl (C=O) groups is 1. The summed E-state index contributed by atoms with van der Waals surface area (Å²) in [7, 11) is 0. The number of hydrogen-bond acceptors (Lipinski definition) is 3. The van der Waals surface area contributed by atoms with Gasteiger partial charge >= 0.3 is 5.97 Å². The predicted octanol–water partition coefficient (Wildman–Crippen LogP) is 1.67. The van der Waals surface area contributed by atoms with Crippen molar-refractivity contribution in [3.63, 3.8) is 0 Å². The molecule has 0 spiro atoms. The molecule has 0 aliphatic heterocycles. The fourth-order valence-corrected chi connectivity index (χ4v) is 1.13. The van der Waals surface area contributed by atoms with Crippen molar-refractivity contribution in [1.82, 2.24) is 4.90 Å². The molecule has 0 heterocycles. The van der Waals surface area contributed by atoms with Crippen molar-refractivity contribution in [2.75, 3.05) is 19.6 Å². The molecule has 0 amide bonds. The molecule has 3 nitrogen and oxygen atoms in total. The number of carbonyl (C=O) groups excluding carboxylic acids is 1. The molecule has 86 valence electrons. The molecule has 1 atom stereocenters. The second kappa shape index (κ2) is 8.31. The van der Waals surface area contributed by atoms with Gasteiger partial charge in [-0.05, 0) is 19.5 Å². The number of rotatable bonds is 5. The van der Waals surface area contributed by atoms with Crippen LogP contribution in [0.4, 0.5) is 0 Å². The number of esters is 1. The molecule has 0 aromatic heterocycles. The smallest absolute Gasteiger partial charge is 0.303 e. The van der Waals surface area contributed by atoms with Gasteiger partial charge in [-0.1, -0.05) is 32.6 Å². The summed E-state index contributed by atoms with van der Waals surface area (Å²) < 4.78 is 5.02. The lowest BCUT2D eigenvalue weighted by Gasteiger charge is -2.13. The van der Waals surface area contributed by atoms with Crippen molar-refractivity contribution in [1.29, 1.82) is 0 Å². The van der Waals surface area contributed by atoms with Gasteiger partial charge in [0.15, 0.2) is 6.10 Å². The Hall–Kier alpha value is -1.01. The summed E-state index contributed by atoms with van der Waals surface area (Å²) in [6, 6.07) is 0. The predicted molar refractivity (Wildman–Crippen MR) is 61.4 cm³/mol. The first-order chi connectivity index (χ1) is 7.13. The van der Waals surface area contributed by atoms with Crippen LogP contribution in [0.15, 0.2) is 0 Å². The highest BCUT2D eigenvalue weighted by atomic mass is 16.5. The van der Waals surface area contributed by atoms with Gasteiger partial charge in [-0.15, -0.1) is 0 Å². The molecule has 1 unspecified atom stereocenters. The third kappa shape index (κ3) is 6.98. The van der Waals surface area contributed by atoms with E-state index in [1.807, 2.05) is 6.92 Å². The Bertz CT molecular complexity index is 236. The van der Waals surface area contributed by atoms with E-state index in [0.29, 0.717) is 0 Å². The Morgan fingerprint density at radius 1 is 1.33 bits per heavy atom. The van der Waals surface area contributed by atoms with Crippen molar-refractivity contribution >= 4 is 5.97 Å². The molecule has 0 bridgehead atoms. The summed E-state index contributed by atoms with van der Waals surface area (Å²) in [5, 5.41) is 0. The Balaban J connectivity index is 4.05. The molecule has 0 aliphatic carbocycles. The van der Waals surface area contributed by atoms with Gasteiger partial charge in [-0.3, -0.25) is 9.69 Å². The quantitative estimate of drug-likeness (QED) is 0.512. The third-order valence-corrected chi connectivity index (χ3v) is 2.14. The van der Waals surface area contributed by atoms with E-state index in [1.54, 1.807) is 0 Å². The SMILES string of the molecule is CCC(C#CCN(CC)CC)OC(C)=O. The number of hydrogen-bond donors (Lipinski definition) is 0. The van der Waals surface area contributed by atoms with Crippen molar-refractivity contribution in [3.05, 3.63) is 0 Å². The molecule has 0 rings (SSSR count). The van der Waals surface area contributed by atoms with E-state index < -0.39 is 0 Å². The standard InChI is InChI=1S/C12H21NO2/c1-5-12(15-11(4)14)9-8-10-13(6-2)7-3/h12H,5-7,10H2,1-4H3. The summed E-state index contributed by atoms with van der Waals surface area (Å²) in [6.07, 6.45) is 0.489. The van der Waals surface area contributed by atoms with Crippen molar-refractivity contribution < 1.29 is 9.53 Å². The number of ether oxygens (including phenoxy) is 1. The topological polar surface area (TPSA) is 29.5 Å². The van der Waals surface area contributed by atoms with Gasteiger partial charge in [-0.25, -0.2) is 0 Å². The zero-order valence-corrected chi connectivity index (χ0v) is 10.2. The second-order valence-corrected chi connectivity index (χ2v) is 3.29. The highest BCUT2D eigenvalue weighted by Crippen LogP contribution is 1.96. The summed E-state index contributed by atoms with van der Waals surface area (Å²) in [4.78, 5) is 12.9. The minimum atomic E-state index is -0.265. The largest absolute Gasteiger partial charge is 0.449 e. The van der Waals surface area contributed by atoms with Crippen LogP contribution in [-0.2, 0) is 9.53 Å². The molecular formula is C12H21NO2. The average Bonchev–Trinajstić information content (AvgIpc) is 2.22. The van der Waals surface area contributed by atoms with Crippen molar-refractivity contribution in [3.8, 4) is 11.8 Å². The molecule has 3 heteroatoms. The minimum Gasteiger partial charge on any atom is -0.449 e. The maximum Gasteiger partial charge on any atom is 0.303 e. The van der Waals surface area contributed by atoms with Crippen LogP contribution in [0.5, 0.6) is 0 Å². The van der Waals surface area contributed by atoms with E-state index in [0.717, 1.165) is 26.1 Å². The fraction of sp³-hybridized carbons (Fsp3) is 0.750. The Labute approximate surface area is 92.8 Å². The molecule has 0 aliphatic rings. The normalized spacial score (nSPS) is 11.8. The Morgan fingerprint density at radius 3 is 2.33 bits per heavy atom. The van der Waals surface area contributed by atoms with Gasteiger partial charge in [-0.2, -0.15) is 0 Å².